The Kier molecular flexibility index (Phi) is 6.22. The van der Waals surface area contributed by atoms with E-state index in [2.05, 4.69) is 49.0 Å². The lowest BCUT2D eigenvalue weighted by atomic mass is 10.1. The van der Waals surface area contributed by atoms with Crippen molar-refractivity contribution in [3.05, 3.63) is 29.3 Å². The number of esters is 1. The molecule has 1 rings (SSSR count). The molecule has 1 aromatic rings. The van der Waals surface area contributed by atoms with E-state index in [1.807, 2.05) is 0 Å². The van der Waals surface area contributed by atoms with Crippen LogP contribution in [0.2, 0.25) is 0 Å². The molecule has 0 saturated heterocycles. The van der Waals surface area contributed by atoms with E-state index < -0.39 is 0 Å². The van der Waals surface area contributed by atoms with Crippen LogP contribution in [0.25, 0.3) is 0 Å². The predicted molar refractivity (Wildman–Crippen MR) is 75.9 cm³/mol. The lowest BCUT2D eigenvalue weighted by Gasteiger charge is -2.10. The van der Waals surface area contributed by atoms with Gasteiger partial charge in [0.1, 0.15) is 0 Å². The second-order valence-corrected chi connectivity index (χ2v) is 5.52. The fourth-order valence-electron chi connectivity index (χ4n) is 1.50. The summed E-state index contributed by atoms with van der Waals surface area (Å²) in [5.41, 5.74) is 2.47. The molecule has 0 fully saturated rings. The Labute approximate surface area is 113 Å². The van der Waals surface area contributed by atoms with Crippen molar-refractivity contribution in [2.45, 2.75) is 38.3 Å². The number of hydrogen-bond donors (Lipinski definition) is 1. The second-order valence-electron chi connectivity index (χ2n) is 4.50. The zero-order valence-electron chi connectivity index (χ0n) is 11.4. The van der Waals surface area contributed by atoms with Crippen LogP contribution in [-0.4, -0.2) is 24.9 Å². The highest BCUT2D eigenvalue weighted by Crippen LogP contribution is 2.23. The molecule has 0 amide bonds. The van der Waals surface area contributed by atoms with E-state index in [0.29, 0.717) is 11.8 Å². The van der Waals surface area contributed by atoms with Crippen LogP contribution < -0.4 is 5.32 Å². The van der Waals surface area contributed by atoms with Gasteiger partial charge in [0.25, 0.3) is 0 Å². The standard InChI is InChI=1S/C14H21NO2S/c1-10(2)15-8-12-5-6-13(11(3)7-12)18-9-14(16)17-4/h5-7,10,15H,8-9H2,1-4H3. The molecule has 4 heteroatoms. The number of benzene rings is 1. The van der Waals surface area contributed by atoms with Gasteiger partial charge in [-0.1, -0.05) is 26.0 Å². The SMILES string of the molecule is COC(=O)CSc1ccc(CNC(C)C)cc1C. The zero-order valence-corrected chi connectivity index (χ0v) is 12.3. The maximum absolute atomic E-state index is 11.1. The van der Waals surface area contributed by atoms with Gasteiger partial charge >= 0.3 is 5.97 Å². The van der Waals surface area contributed by atoms with Crippen molar-refractivity contribution in [1.29, 1.82) is 0 Å². The van der Waals surface area contributed by atoms with Gasteiger partial charge in [0.05, 0.1) is 12.9 Å². The highest BCUT2D eigenvalue weighted by Gasteiger charge is 2.05. The van der Waals surface area contributed by atoms with Gasteiger partial charge in [-0.25, -0.2) is 0 Å². The Bertz CT molecular complexity index is 405. The van der Waals surface area contributed by atoms with Crippen molar-refractivity contribution in [1.82, 2.24) is 5.32 Å². The molecule has 0 atom stereocenters. The van der Waals surface area contributed by atoms with Crippen LogP contribution in [0.3, 0.4) is 0 Å². The number of hydrogen-bond acceptors (Lipinski definition) is 4. The van der Waals surface area contributed by atoms with Crippen molar-refractivity contribution in [2.75, 3.05) is 12.9 Å². The molecule has 0 aromatic heterocycles. The number of rotatable bonds is 6. The molecule has 1 aromatic carbocycles. The first-order valence-electron chi connectivity index (χ1n) is 6.05. The minimum Gasteiger partial charge on any atom is -0.468 e. The van der Waals surface area contributed by atoms with Gasteiger partial charge in [-0.15, -0.1) is 11.8 Å². The number of carbonyl (C=O) groups is 1. The summed E-state index contributed by atoms with van der Waals surface area (Å²) in [5.74, 6) is 0.172. The van der Waals surface area contributed by atoms with Crippen LogP contribution in [0.4, 0.5) is 0 Å². The number of carbonyl (C=O) groups excluding carboxylic acids is 1. The first-order valence-corrected chi connectivity index (χ1v) is 7.04. The molecule has 0 heterocycles. The van der Waals surface area contributed by atoms with Crippen LogP contribution in [0.1, 0.15) is 25.0 Å². The van der Waals surface area contributed by atoms with Crippen LogP contribution in [0.5, 0.6) is 0 Å². The third-order valence-corrected chi connectivity index (χ3v) is 3.68. The molecule has 0 aliphatic carbocycles. The lowest BCUT2D eigenvalue weighted by molar-refractivity contribution is -0.137. The summed E-state index contributed by atoms with van der Waals surface area (Å²) in [6, 6.07) is 6.82. The summed E-state index contributed by atoms with van der Waals surface area (Å²) in [6.45, 7) is 7.21. The average molecular weight is 267 g/mol. The fourth-order valence-corrected chi connectivity index (χ4v) is 2.34. The van der Waals surface area contributed by atoms with Gasteiger partial charge in [-0.3, -0.25) is 4.79 Å². The van der Waals surface area contributed by atoms with Crippen molar-refractivity contribution in [3.63, 3.8) is 0 Å². The number of thioether (sulfide) groups is 1. The molecule has 0 saturated carbocycles. The summed E-state index contributed by atoms with van der Waals surface area (Å²) >= 11 is 1.52. The quantitative estimate of drug-likeness (QED) is 0.635. The average Bonchev–Trinajstić information content (AvgIpc) is 2.34. The summed E-state index contributed by atoms with van der Waals surface area (Å²) in [5, 5.41) is 3.39. The van der Waals surface area contributed by atoms with Crippen molar-refractivity contribution >= 4 is 17.7 Å². The van der Waals surface area contributed by atoms with Crippen molar-refractivity contribution < 1.29 is 9.53 Å². The van der Waals surface area contributed by atoms with Gasteiger partial charge in [-0.05, 0) is 24.1 Å². The highest BCUT2D eigenvalue weighted by molar-refractivity contribution is 8.00. The minimum atomic E-state index is -0.190. The molecule has 18 heavy (non-hydrogen) atoms. The summed E-state index contributed by atoms with van der Waals surface area (Å²) in [4.78, 5) is 12.2. The molecule has 0 spiro atoms. The Morgan fingerprint density at radius 2 is 2.17 bits per heavy atom. The molecule has 0 unspecified atom stereocenters. The number of aryl methyl sites for hydroxylation is 1. The fraction of sp³-hybridized carbons (Fsp3) is 0.500. The predicted octanol–water partition coefficient (Wildman–Crippen LogP) is 2.76. The Hall–Kier alpha value is -1.00. The molecule has 100 valence electrons. The first kappa shape index (κ1) is 15.1. The molecular weight excluding hydrogens is 246 g/mol. The van der Waals surface area contributed by atoms with Crippen LogP contribution in [0, 0.1) is 6.92 Å². The Balaban J connectivity index is 2.59. The molecule has 0 aliphatic heterocycles. The van der Waals surface area contributed by atoms with E-state index in [0.717, 1.165) is 11.4 Å². The van der Waals surface area contributed by atoms with Gasteiger partial charge in [-0.2, -0.15) is 0 Å². The molecular formula is C14H21NO2S. The first-order chi connectivity index (χ1) is 8.52. The van der Waals surface area contributed by atoms with E-state index in [1.54, 1.807) is 0 Å². The Morgan fingerprint density at radius 1 is 1.44 bits per heavy atom. The topological polar surface area (TPSA) is 38.3 Å². The molecule has 0 aliphatic rings. The third kappa shape index (κ3) is 5.10. The monoisotopic (exact) mass is 267 g/mol. The molecule has 0 bridgehead atoms. The number of ether oxygens (including phenoxy) is 1. The lowest BCUT2D eigenvalue weighted by Crippen LogP contribution is -2.21. The van der Waals surface area contributed by atoms with Gasteiger partial charge in [0.15, 0.2) is 0 Å². The highest BCUT2D eigenvalue weighted by atomic mass is 32.2. The smallest absolute Gasteiger partial charge is 0.315 e. The third-order valence-electron chi connectivity index (χ3n) is 2.53. The van der Waals surface area contributed by atoms with Crippen LogP contribution >= 0.6 is 11.8 Å². The Morgan fingerprint density at radius 3 is 2.72 bits per heavy atom. The minimum absolute atomic E-state index is 0.190. The summed E-state index contributed by atoms with van der Waals surface area (Å²) in [6.07, 6.45) is 0. The van der Waals surface area contributed by atoms with Crippen molar-refractivity contribution in [3.8, 4) is 0 Å². The maximum Gasteiger partial charge on any atom is 0.315 e. The van der Waals surface area contributed by atoms with Gasteiger partial charge in [0, 0.05) is 17.5 Å². The van der Waals surface area contributed by atoms with Crippen molar-refractivity contribution in [2.24, 2.45) is 0 Å². The van der Waals surface area contributed by atoms with Gasteiger partial charge < -0.3 is 10.1 Å². The molecule has 1 N–H and O–H groups in total. The zero-order chi connectivity index (χ0) is 13.5. The number of nitrogens with one attached hydrogen (secondary N) is 1. The van der Waals surface area contributed by atoms with E-state index in [1.165, 1.54) is 30.0 Å². The second kappa shape index (κ2) is 7.44. The van der Waals surface area contributed by atoms with E-state index in [-0.39, 0.29) is 5.97 Å². The summed E-state index contributed by atoms with van der Waals surface area (Å²) < 4.78 is 4.63. The van der Waals surface area contributed by atoms with E-state index in [4.69, 9.17) is 0 Å². The van der Waals surface area contributed by atoms with Gasteiger partial charge in [0.2, 0.25) is 0 Å². The molecule has 3 nitrogen and oxygen atoms in total. The largest absolute Gasteiger partial charge is 0.468 e. The summed E-state index contributed by atoms with van der Waals surface area (Å²) in [7, 11) is 1.41. The normalized spacial score (nSPS) is 10.7. The molecule has 0 radical (unpaired) electrons. The van der Waals surface area contributed by atoms with E-state index in [9.17, 15) is 4.79 Å². The van der Waals surface area contributed by atoms with Crippen LogP contribution in [-0.2, 0) is 16.1 Å². The van der Waals surface area contributed by atoms with E-state index >= 15 is 0 Å². The maximum atomic E-state index is 11.1. The number of methoxy groups -OCH3 is 1. The van der Waals surface area contributed by atoms with Crippen LogP contribution in [0.15, 0.2) is 23.1 Å².